The van der Waals surface area contributed by atoms with Crippen LogP contribution in [0.4, 0.5) is 13.2 Å². The van der Waals surface area contributed by atoms with Crippen LogP contribution in [-0.2, 0) is 6.42 Å². The van der Waals surface area contributed by atoms with Crippen LogP contribution in [0.3, 0.4) is 0 Å². The van der Waals surface area contributed by atoms with E-state index >= 15 is 0 Å². The molecule has 19 heavy (non-hydrogen) atoms. The molecule has 0 amide bonds. The highest BCUT2D eigenvalue weighted by Gasteiger charge is 2.21. The maximum absolute atomic E-state index is 13.8. The maximum atomic E-state index is 13.8. The second kappa shape index (κ2) is 5.93. The van der Waals surface area contributed by atoms with E-state index in [-0.39, 0.29) is 5.56 Å². The number of rotatable bonds is 5. The Hall–Kier alpha value is -1.75. The van der Waals surface area contributed by atoms with Gasteiger partial charge < -0.3 is 9.73 Å². The van der Waals surface area contributed by atoms with Gasteiger partial charge in [0.05, 0.1) is 6.26 Å². The third-order valence-electron chi connectivity index (χ3n) is 2.88. The third kappa shape index (κ3) is 2.98. The zero-order chi connectivity index (χ0) is 13.8. The molecular formula is C14H14F3NO. The van der Waals surface area contributed by atoms with Gasteiger partial charge in [0.1, 0.15) is 5.76 Å². The van der Waals surface area contributed by atoms with Crippen molar-refractivity contribution in [1.82, 2.24) is 5.32 Å². The Kier molecular flexibility index (Phi) is 4.27. The van der Waals surface area contributed by atoms with Crippen LogP contribution in [0, 0.1) is 17.5 Å². The first-order chi connectivity index (χ1) is 9.13. The lowest BCUT2D eigenvalue weighted by Crippen LogP contribution is -2.24. The van der Waals surface area contributed by atoms with E-state index in [0.29, 0.717) is 18.7 Å². The van der Waals surface area contributed by atoms with E-state index in [2.05, 4.69) is 5.32 Å². The molecule has 2 rings (SSSR count). The van der Waals surface area contributed by atoms with Crippen molar-refractivity contribution in [2.75, 3.05) is 6.54 Å². The first-order valence-corrected chi connectivity index (χ1v) is 6.02. The summed E-state index contributed by atoms with van der Waals surface area (Å²) in [4.78, 5) is 0. The predicted octanol–water partition coefficient (Wildman–Crippen LogP) is 3.59. The van der Waals surface area contributed by atoms with Gasteiger partial charge in [0.2, 0.25) is 0 Å². The summed E-state index contributed by atoms with van der Waals surface area (Å²) in [6, 6.07) is 5.19. The Bertz CT molecular complexity index is 540. The van der Waals surface area contributed by atoms with Crippen LogP contribution in [0.25, 0.3) is 0 Å². The summed E-state index contributed by atoms with van der Waals surface area (Å²) in [5.74, 6) is -3.14. The number of furan rings is 1. The van der Waals surface area contributed by atoms with Crippen molar-refractivity contribution in [1.29, 1.82) is 0 Å². The van der Waals surface area contributed by atoms with Crippen molar-refractivity contribution in [2.45, 2.75) is 19.4 Å². The van der Waals surface area contributed by atoms with Gasteiger partial charge in [0.15, 0.2) is 17.5 Å². The van der Waals surface area contributed by atoms with Gasteiger partial charge in [-0.2, -0.15) is 0 Å². The lowest BCUT2D eigenvalue weighted by atomic mass is 10.0. The Morgan fingerprint density at radius 3 is 2.58 bits per heavy atom. The Balaban J connectivity index is 2.31. The van der Waals surface area contributed by atoms with E-state index in [1.54, 1.807) is 12.1 Å². The zero-order valence-corrected chi connectivity index (χ0v) is 10.4. The van der Waals surface area contributed by atoms with Crippen molar-refractivity contribution in [3.63, 3.8) is 0 Å². The summed E-state index contributed by atoms with van der Waals surface area (Å²) < 4.78 is 45.2. The third-order valence-corrected chi connectivity index (χ3v) is 2.88. The molecule has 1 N–H and O–H groups in total. The maximum Gasteiger partial charge on any atom is 0.194 e. The van der Waals surface area contributed by atoms with Crippen molar-refractivity contribution in [3.8, 4) is 0 Å². The van der Waals surface area contributed by atoms with Gasteiger partial charge in [0, 0.05) is 18.0 Å². The normalized spacial score (nSPS) is 12.6. The van der Waals surface area contributed by atoms with E-state index in [9.17, 15) is 13.2 Å². The highest BCUT2D eigenvalue weighted by atomic mass is 19.2. The fourth-order valence-electron chi connectivity index (χ4n) is 1.98. The first-order valence-electron chi connectivity index (χ1n) is 6.02. The van der Waals surface area contributed by atoms with Crippen LogP contribution < -0.4 is 5.32 Å². The molecule has 1 aromatic heterocycles. The molecule has 2 nitrogen and oxygen atoms in total. The quantitative estimate of drug-likeness (QED) is 0.839. The minimum atomic E-state index is -1.44. The van der Waals surface area contributed by atoms with Gasteiger partial charge >= 0.3 is 0 Å². The van der Waals surface area contributed by atoms with Gasteiger partial charge in [-0.1, -0.05) is 13.0 Å². The summed E-state index contributed by atoms with van der Waals surface area (Å²) in [5, 5.41) is 3.04. The van der Waals surface area contributed by atoms with E-state index in [1.807, 2.05) is 6.92 Å². The number of halogens is 3. The molecule has 0 aliphatic heterocycles. The lowest BCUT2D eigenvalue weighted by molar-refractivity contribution is 0.412. The van der Waals surface area contributed by atoms with Gasteiger partial charge in [0.25, 0.3) is 0 Å². The minimum Gasteiger partial charge on any atom is -0.469 e. The highest BCUT2D eigenvalue weighted by molar-refractivity contribution is 5.25. The molecule has 0 fully saturated rings. The molecule has 1 heterocycles. The molecule has 0 saturated carbocycles. The molecule has 0 bridgehead atoms. The molecule has 1 atom stereocenters. The number of hydrogen-bond donors (Lipinski definition) is 1. The molecule has 0 saturated heterocycles. The van der Waals surface area contributed by atoms with Gasteiger partial charge in [-0.05, 0) is 24.7 Å². The van der Waals surface area contributed by atoms with Crippen LogP contribution in [0.1, 0.15) is 24.3 Å². The van der Waals surface area contributed by atoms with Crippen LogP contribution in [0.15, 0.2) is 34.9 Å². The van der Waals surface area contributed by atoms with E-state index < -0.39 is 23.5 Å². The molecule has 0 radical (unpaired) electrons. The number of benzene rings is 1. The van der Waals surface area contributed by atoms with E-state index in [4.69, 9.17) is 4.42 Å². The summed E-state index contributed by atoms with van der Waals surface area (Å²) in [5.41, 5.74) is 0.0946. The molecule has 102 valence electrons. The van der Waals surface area contributed by atoms with E-state index in [0.717, 1.165) is 6.07 Å². The molecule has 0 spiro atoms. The fourth-order valence-corrected chi connectivity index (χ4v) is 1.98. The Labute approximate surface area is 109 Å². The average Bonchev–Trinajstić information content (AvgIpc) is 2.89. The molecule has 1 aromatic carbocycles. The van der Waals surface area contributed by atoms with Crippen molar-refractivity contribution in [3.05, 3.63) is 59.3 Å². The lowest BCUT2D eigenvalue weighted by Gasteiger charge is -2.18. The van der Waals surface area contributed by atoms with Gasteiger partial charge in [-0.25, -0.2) is 13.2 Å². The monoisotopic (exact) mass is 269 g/mol. The van der Waals surface area contributed by atoms with Crippen molar-refractivity contribution >= 4 is 0 Å². The number of likely N-dealkylation sites (N-methyl/N-ethyl adjacent to an activating group) is 1. The molecule has 0 aliphatic rings. The summed E-state index contributed by atoms with van der Waals surface area (Å²) in [6.07, 6.45) is 1.88. The molecule has 5 heteroatoms. The predicted molar refractivity (Wildman–Crippen MR) is 65.1 cm³/mol. The van der Waals surface area contributed by atoms with Crippen LogP contribution in [0.5, 0.6) is 0 Å². The molecular weight excluding hydrogens is 255 g/mol. The summed E-state index contributed by atoms with van der Waals surface area (Å²) >= 11 is 0. The summed E-state index contributed by atoms with van der Waals surface area (Å²) in [6.45, 7) is 2.43. The smallest absolute Gasteiger partial charge is 0.194 e. The topological polar surface area (TPSA) is 25.2 Å². The zero-order valence-electron chi connectivity index (χ0n) is 10.4. The molecule has 0 aliphatic carbocycles. The summed E-state index contributed by atoms with van der Waals surface area (Å²) in [7, 11) is 0. The van der Waals surface area contributed by atoms with Gasteiger partial charge in [-0.3, -0.25) is 0 Å². The highest BCUT2D eigenvalue weighted by Crippen LogP contribution is 2.24. The second-order valence-electron chi connectivity index (χ2n) is 4.16. The van der Waals surface area contributed by atoms with Crippen molar-refractivity contribution in [2.24, 2.45) is 0 Å². The molecule has 1 unspecified atom stereocenters. The number of nitrogens with one attached hydrogen (secondary N) is 1. The standard InChI is InChI=1S/C14H14F3NO/c1-2-18-12(8-9-4-3-7-19-9)10-5-6-11(15)14(17)13(10)16/h3-7,12,18H,2,8H2,1H3. The van der Waals surface area contributed by atoms with Crippen LogP contribution >= 0.6 is 0 Å². The van der Waals surface area contributed by atoms with E-state index in [1.165, 1.54) is 12.3 Å². The van der Waals surface area contributed by atoms with Crippen LogP contribution in [0.2, 0.25) is 0 Å². The van der Waals surface area contributed by atoms with Gasteiger partial charge in [-0.15, -0.1) is 0 Å². The Morgan fingerprint density at radius 2 is 1.95 bits per heavy atom. The molecule has 2 aromatic rings. The van der Waals surface area contributed by atoms with Crippen LogP contribution in [-0.4, -0.2) is 6.54 Å². The second-order valence-corrected chi connectivity index (χ2v) is 4.16. The minimum absolute atomic E-state index is 0.0946. The average molecular weight is 269 g/mol. The fraction of sp³-hybridized carbons (Fsp3) is 0.286. The first kappa shape index (κ1) is 13.7. The largest absolute Gasteiger partial charge is 0.469 e. The SMILES string of the molecule is CCNC(Cc1ccco1)c1ccc(F)c(F)c1F. The van der Waals surface area contributed by atoms with Crippen molar-refractivity contribution < 1.29 is 17.6 Å². The Morgan fingerprint density at radius 1 is 1.16 bits per heavy atom. The number of hydrogen-bond acceptors (Lipinski definition) is 2.